The molecule has 170 valence electrons. The fourth-order valence-corrected chi connectivity index (χ4v) is 3.21. The van der Waals surface area contributed by atoms with Gasteiger partial charge in [0.1, 0.15) is 0 Å². The first-order chi connectivity index (χ1) is 14.1. The standard InChI is InChI=1S/C22H37N5O2.HI/c1-4-23-22(24-10-11-26-12-14-27(15-13-26)20(3)28)25-16-19(2)17-29-18-21-8-6-5-7-9-21;/h5-9,19H,4,10-18H2,1-3H3,(H2,23,24,25);1H. The molecular weight excluding hydrogens is 493 g/mol. The third kappa shape index (κ3) is 10.6. The number of hydrogen-bond donors (Lipinski definition) is 2. The molecule has 1 fully saturated rings. The van der Waals surface area contributed by atoms with Crippen LogP contribution in [0, 0.1) is 5.92 Å². The molecule has 2 N–H and O–H groups in total. The molecule has 1 atom stereocenters. The van der Waals surface area contributed by atoms with Crippen molar-refractivity contribution in [3.8, 4) is 0 Å². The number of amides is 1. The van der Waals surface area contributed by atoms with Crippen LogP contribution in [0.2, 0.25) is 0 Å². The lowest BCUT2D eigenvalue weighted by Crippen LogP contribution is -2.50. The fraction of sp³-hybridized carbons (Fsp3) is 0.636. The number of rotatable bonds is 10. The van der Waals surface area contributed by atoms with Crippen LogP contribution < -0.4 is 10.6 Å². The number of halogens is 1. The molecular formula is C22H38IN5O2. The summed E-state index contributed by atoms with van der Waals surface area (Å²) in [6.45, 7) is 14.1. The van der Waals surface area contributed by atoms with Gasteiger partial charge in [-0.1, -0.05) is 37.3 Å². The fourth-order valence-electron chi connectivity index (χ4n) is 3.21. The second kappa shape index (κ2) is 15.4. The number of carbonyl (C=O) groups is 1. The van der Waals surface area contributed by atoms with E-state index in [2.05, 4.69) is 41.5 Å². The van der Waals surface area contributed by atoms with Crippen LogP contribution in [0.25, 0.3) is 0 Å². The SMILES string of the molecule is CCNC(=NCC(C)COCc1ccccc1)NCCN1CCN(C(C)=O)CC1.I. The Balaban J connectivity index is 0.00000450. The Kier molecular flexibility index (Phi) is 13.7. The molecule has 8 heteroatoms. The molecule has 30 heavy (non-hydrogen) atoms. The van der Waals surface area contributed by atoms with Gasteiger partial charge in [-0.25, -0.2) is 0 Å². The predicted molar refractivity (Wildman–Crippen MR) is 133 cm³/mol. The van der Waals surface area contributed by atoms with Gasteiger partial charge in [0.2, 0.25) is 5.91 Å². The van der Waals surface area contributed by atoms with Gasteiger partial charge >= 0.3 is 0 Å². The first-order valence-corrected chi connectivity index (χ1v) is 10.7. The van der Waals surface area contributed by atoms with Gasteiger partial charge in [0.25, 0.3) is 0 Å². The van der Waals surface area contributed by atoms with E-state index < -0.39 is 0 Å². The van der Waals surface area contributed by atoms with Crippen molar-refractivity contribution in [2.75, 3.05) is 59.0 Å². The first kappa shape index (κ1) is 26.6. The van der Waals surface area contributed by atoms with E-state index in [1.54, 1.807) is 6.92 Å². The third-order valence-electron chi connectivity index (χ3n) is 4.96. The summed E-state index contributed by atoms with van der Waals surface area (Å²) >= 11 is 0. The van der Waals surface area contributed by atoms with E-state index in [0.717, 1.165) is 58.3 Å². The van der Waals surface area contributed by atoms with Crippen molar-refractivity contribution < 1.29 is 9.53 Å². The van der Waals surface area contributed by atoms with Crippen LogP contribution in [0.4, 0.5) is 0 Å². The summed E-state index contributed by atoms with van der Waals surface area (Å²) in [5, 5.41) is 6.72. The maximum absolute atomic E-state index is 11.4. The van der Waals surface area contributed by atoms with Crippen LogP contribution in [-0.2, 0) is 16.1 Å². The van der Waals surface area contributed by atoms with E-state index in [4.69, 9.17) is 9.73 Å². The largest absolute Gasteiger partial charge is 0.376 e. The molecule has 0 aliphatic carbocycles. The maximum atomic E-state index is 11.4. The molecule has 1 saturated heterocycles. The zero-order chi connectivity index (χ0) is 20.9. The summed E-state index contributed by atoms with van der Waals surface area (Å²) in [4.78, 5) is 20.4. The summed E-state index contributed by atoms with van der Waals surface area (Å²) in [7, 11) is 0. The minimum absolute atomic E-state index is 0. The second-order valence-corrected chi connectivity index (χ2v) is 7.60. The molecule has 2 rings (SSSR count). The van der Waals surface area contributed by atoms with Crippen LogP contribution in [-0.4, -0.2) is 80.6 Å². The number of aliphatic imine (C=N–C) groups is 1. The topological polar surface area (TPSA) is 69.2 Å². The number of nitrogens with zero attached hydrogens (tertiary/aromatic N) is 3. The van der Waals surface area contributed by atoms with E-state index in [1.165, 1.54) is 5.56 Å². The van der Waals surface area contributed by atoms with Gasteiger partial charge in [-0.3, -0.25) is 14.7 Å². The predicted octanol–water partition coefficient (Wildman–Crippen LogP) is 2.18. The van der Waals surface area contributed by atoms with Crippen LogP contribution in [0.3, 0.4) is 0 Å². The number of hydrogen-bond acceptors (Lipinski definition) is 4. The highest BCUT2D eigenvalue weighted by Gasteiger charge is 2.17. The van der Waals surface area contributed by atoms with Crippen molar-refractivity contribution in [1.29, 1.82) is 0 Å². The van der Waals surface area contributed by atoms with Crippen LogP contribution in [0.15, 0.2) is 35.3 Å². The Morgan fingerprint density at radius 1 is 1.17 bits per heavy atom. The number of carbonyl (C=O) groups excluding carboxylic acids is 1. The quantitative estimate of drug-likeness (QED) is 0.275. The highest BCUT2D eigenvalue weighted by atomic mass is 127. The van der Waals surface area contributed by atoms with Crippen molar-refractivity contribution in [3.63, 3.8) is 0 Å². The lowest BCUT2D eigenvalue weighted by molar-refractivity contribution is -0.130. The molecule has 1 unspecified atom stereocenters. The maximum Gasteiger partial charge on any atom is 0.219 e. The van der Waals surface area contributed by atoms with Crippen molar-refractivity contribution in [1.82, 2.24) is 20.4 Å². The van der Waals surface area contributed by atoms with E-state index in [1.807, 2.05) is 23.1 Å². The number of nitrogens with one attached hydrogen (secondary N) is 2. The molecule has 0 aromatic heterocycles. The summed E-state index contributed by atoms with van der Waals surface area (Å²) in [6, 6.07) is 10.2. The first-order valence-electron chi connectivity index (χ1n) is 10.7. The van der Waals surface area contributed by atoms with Crippen LogP contribution >= 0.6 is 24.0 Å². The van der Waals surface area contributed by atoms with E-state index in [-0.39, 0.29) is 29.9 Å². The molecule has 0 bridgehead atoms. The van der Waals surface area contributed by atoms with E-state index in [0.29, 0.717) is 19.1 Å². The summed E-state index contributed by atoms with van der Waals surface area (Å²) in [6.07, 6.45) is 0. The van der Waals surface area contributed by atoms with E-state index in [9.17, 15) is 4.79 Å². The number of ether oxygens (including phenoxy) is 1. The van der Waals surface area contributed by atoms with Gasteiger partial charge < -0.3 is 20.3 Å². The number of guanidine groups is 1. The highest BCUT2D eigenvalue weighted by Crippen LogP contribution is 2.04. The van der Waals surface area contributed by atoms with Crippen molar-refractivity contribution in [2.45, 2.75) is 27.4 Å². The van der Waals surface area contributed by atoms with Gasteiger partial charge in [-0.15, -0.1) is 24.0 Å². The highest BCUT2D eigenvalue weighted by molar-refractivity contribution is 14.0. The molecule has 1 aliphatic rings. The monoisotopic (exact) mass is 531 g/mol. The molecule has 1 amide bonds. The van der Waals surface area contributed by atoms with E-state index >= 15 is 0 Å². The number of piperazine rings is 1. The normalized spacial score (nSPS) is 16.0. The van der Waals surface area contributed by atoms with Crippen LogP contribution in [0.5, 0.6) is 0 Å². The molecule has 1 aliphatic heterocycles. The van der Waals surface area contributed by atoms with Crippen molar-refractivity contribution in [3.05, 3.63) is 35.9 Å². The number of benzene rings is 1. The Morgan fingerprint density at radius 2 is 1.87 bits per heavy atom. The Hall–Kier alpha value is -1.39. The van der Waals surface area contributed by atoms with Gasteiger partial charge in [-0.2, -0.15) is 0 Å². The zero-order valence-corrected chi connectivity index (χ0v) is 20.9. The lowest BCUT2D eigenvalue weighted by atomic mass is 10.2. The molecule has 1 heterocycles. The second-order valence-electron chi connectivity index (χ2n) is 7.60. The Labute approximate surface area is 198 Å². The molecule has 0 radical (unpaired) electrons. The average Bonchev–Trinajstić information content (AvgIpc) is 2.73. The summed E-state index contributed by atoms with van der Waals surface area (Å²) < 4.78 is 5.81. The third-order valence-corrected chi connectivity index (χ3v) is 4.96. The molecule has 1 aromatic rings. The smallest absolute Gasteiger partial charge is 0.219 e. The van der Waals surface area contributed by atoms with Crippen molar-refractivity contribution >= 4 is 35.8 Å². The van der Waals surface area contributed by atoms with Gasteiger partial charge in [0, 0.05) is 59.3 Å². The summed E-state index contributed by atoms with van der Waals surface area (Å²) in [5.41, 5.74) is 1.20. The molecule has 7 nitrogen and oxygen atoms in total. The minimum Gasteiger partial charge on any atom is -0.376 e. The Bertz CT molecular complexity index is 621. The van der Waals surface area contributed by atoms with Crippen molar-refractivity contribution in [2.24, 2.45) is 10.9 Å². The van der Waals surface area contributed by atoms with Gasteiger partial charge in [-0.05, 0) is 18.4 Å². The average molecular weight is 531 g/mol. The Morgan fingerprint density at radius 3 is 2.50 bits per heavy atom. The zero-order valence-electron chi connectivity index (χ0n) is 18.6. The minimum atomic E-state index is 0. The van der Waals surface area contributed by atoms with Gasteiger partial charge in [0.05, 0.1) is 13.2 Å². The van der Waals surface area contributed by atoms with Crippen LogP contribution in [0.1, 0.15) is 26.3 Å². The molecule has 1 aromatic carbocycles. The lowest BCUT2D eigenvalue weighted by Gasteiger charge is -2.34. The van der Waals surface area contributed by atoms with Gasteiger partial charge in [0.15, 0.2) is 5.96 Å². The summed E-state index contributed by atoms with van der Waals surface area (Å²) in [5.74, 6) is 1.38. The molecule has 0 spiro atoms. The molecule has 0 saturated carbocycles.